The maximum Gasteiger partial charge on any atom is 0.358 e. The molecular formula is C10H14N2O3. The molecule has 1 aliphatic rings. The Bertz CT molecular complexity index is 355. The molecule has 15 heavy (non-hydrogen) atoms. The van der Waals surface area contributed by atoms with Crippen molar-refractivity contribution in [2.75, 3.05) is 6.61 Å². The summed E-state index contributed by atoms with van der Waals surface area (Å²) in [6.45, 7) is 2.12. The van der Waals surface area contributed by atoms with Crippen molar-refractivity contribution in [1.29, 1.82) is 0 Å². The van der Waals surface area contributed by atoms with Crippen LogP contribution in [-0.2, 0) is 4.74 Å². The Hall–Kier alpha value is -1.36. The van der Waals surface area contributed by atoms with E-state index in [2.05, 4.69) is 5.10 Å². The van der Waals surface area contributed by atoms with Gasteiger partial charge in [0.2, 0.25) is 0 Å². The lowest BCUT2D eigenvalue weighted by atomic mass is 9.90. The molecule has 1 heterocycles. The fourth-order valence-electron chi connectivity index (χ4n) is 1.63. The fraction of sp³-hybridized carbons (Fsp3) is 0.600. The maximum atomic E-state index is 11.3. The smallest absolute Gasteiger partial charge is 0.358 e. The second-order valence-electron chi connectivity index (χ2n) is 3.68. The Labute approximate surface area is 87.7 Å². The summed E-state index contributed by atoms with van der Waals surface area (Å²) in [5.74, 6) is -0.392. The quantitative estimate of drug-likeness (QED) is 0.748. The van der Waals surface area contributed by atoms with E-state index in [1.165, 1.54) is 0 Å². The third-order valence-corrected chi connectivity index (χ3v) is 2.56. The van der Waals surface area contributed by atoms with Crippen LogP contribution in [-0.4, -0.2) is 33.6 Å². The summed E-state index contributed by atoms with van der Waals surface area (Å²) in [5, 5.41) is 13.3. The van der Waals surface area contributed by atoms with Gasteiger partial charge in [-0.25, -0.2) is 4.79 Å². The lowest BCUT2D eigenvalue weighted by Crippen LogP contribution is -2.31. The van der Waals surface area contributed by atoms with Crippen LogP contribution in [0, 0.1) is 0 Å². The topological polar surface area (TPSA) is 64.3 Å². The maximum absolute atomic E-state index is 11.3. The summed E-state index contributed by atoms with van der Waals surface area (Å²) in [6, 6.07) is 1.87. The molecule has 0 atom stereocenters. The molecule has 5 heteroatoms. The Morgan fingerprint density at radius 3 is 3.07 bits per heavy atom. The first-order valence-corrected chi connectivity index (χ1v) is 5.11. The van der Waals surface area contributed by atoms with Gasteiger partial charge in [-0.15, -0.1) is 0 Å². The summed E-state index contributed by atoms with van der Waals surface area (Å²) >= 11 is 0. The van der Waals surface area contributed by atoms with Gasteiger partial charge < -0.3 is 9.84 Å². The molecule has 1 aromatic rings. The van der Waals surface area contributed by atoms with Crippen LogP contribution in [0.3, 0.4) is 0 Å². The van der Waals surface area contributed by atoms with Crippen molar-refractivity contribution in [3.63, 3.8) is 0 Å². The van der Waals surface area contributed by atoms with E-state index in [4.69, 9.17) is 9.84 Å². The Morgan fingerprint density at radius 1 is 1.73 bits per heavy atom. The molecule has 0 radical (unpaired) electrons. The third kappa shape index (κ3) is 2.02. The van der Waals surface area contributed by atoms with E-state index in [9.17, 15) is 4.79 Å². The molecule has 1 aromatic heterocycles. The molecule has 0 spiro atoms. The van der Waals surface area contributed by atoms with Crippen LogP contribution < -0.4 is 0 Å². The van der Waals surface area contributed by atoms with Crippen molar-refractivity contribution in [3.8, 4) is 0 Å². The van der Waals surface area contributed by atoms with Gasteiger partial charge >= 0.3 is 5.97 Å². The van der Waals surface area contributed by atoms with E-state index >= 15 is 0 Å². The number of hydrogen-bond donors (Lipinski definition) is 1. The number of rotatable bonds is 3. The highest BCUT2D eigenvalue weighted by Gasteiger charge is 2.29. The van der Waals surface area contributed by atoms with Gasteiger partial charge in [-0.05, 0) is 25.8 Å². The first kappa shape index (κ1) is 10.2. The van der Waals surface area contributed by atoms with Crippen LogP contribution in [0.4, 0.5) is 0 Å². The molecule has 0 aliphatic heterocycles. The van der Waals surface area contributed by atoms with Crippen LogP contribution in [0.1, 0.15) is 36.3 Å². The summed E-state index contributed by atoms with van der Waals surface area (Å²) in [4.78, 5) is 11.3. The first-order valence-electron chi connectivity index (χ1n) is 5.11. The Kier molecular flexibility index (Phi) is 2.73. The minimum Gasteiger partial charge on any atom is -0.461 e. The van der Waals surface area contributed by atoms with E-state index in [0.717, 1.165) is 0 Å². The predicted octanol–water partition coefficient (Wildman–Crippen LogP) is 0.756. The SMILES string of the molecule is CCOC(=O)c1ccn(C2CC(O)C2)n1. The number of carbonyl (C=O) groups is 1. The van der Waals surface area contributed by atoms with E-state index in [1.807, 2.05) is 0 Å². The largest absolute Gasteiger partial charge is 0.461 e. The standard InChI is InChI=1S/C10H14N2O3/c1-2-15-10(14)9-3-4-12(11-9)7-5-8(13)6-7/h3-4,7-8,13H,2,5-6H2,1H3. The fourth-order valence-corrected chi connectivity index (χ4v) is 1.63. The van der Waals surface area contributed by atoms with Crippen molar-refractivity contribution < 1.29 is 14.6 Å². The molecule has 0 aromatic carbocycles. The normalized spacial score (nSPS) is 24.7. The zero-order valence-corrected chi connectivity index (χ0v) is 8.59. The molecule has 1 fully saturated rings. The number of carbonyl (C=O) groups excluding carboxylic acids is 1. The van der Waals surface area contributed by atoms with Crippen molar-refractivity contribution in [1.82, 2.24) is 9.78 Å². The average molecular weight is 210 g/mol. The lowest BCUT2D eigenvalue weighted by Gasteiger charge is -2.31. The summed E-state index contributed by atoms with van der Waals surface area (Å²) in [6.07, 6.45) is 2.96. The first-order chi connectivity index (χ1) is 7.20. The Balaban J connectivity index is 2.01. The highest BCUT2D eigenvalue weighted by atomic mass is 16.5. The number of hydrogen-bond acceptors (Lipinski definition) is 4. The minimum absolute atomic E-state index is 0.217. The van der Waals surface area contributed by atoms with Gasteiger partial charge in [0.05, 0.1) is 18.8 Å². The highest BCUT2D eigenvalue weighted by Crippen LogP contribution is 2.31. The summed E-state index contributed by atoms with van der Waals surface area (Å²) < 4.78 is 6.55. The van der Waals surface area contributed by atoms with E-state index in [-0.39, 0.29) is 12.1 Å². The highest BCUT2D eigenvalue weighted by molar-refractivity contribution is 5.86. The van der Waals surface area contributed by atoms with Gasteiger partial charge in [0, 0.05) is 6.20 Å². The van der Waals surface area contributed by atoms with Gasteiger partial charge in [0.1, 0.15) is 0 Å². The van der Waals surface area contributed by atoms with E-state index in [1.54, 1.807) is 23.9 Å². The second kappa shape index (κ2) is 4.02. The third-order valence-electron chi connectivity index (χ3n) is 2.56. The molecule has 0 amide bonds. The zero-order valence-electron chi connectivity index (χ0n) is 8.59. The molecule has 1 saturated carbocycles. The number of ether oxygens (including phenoxy) is 1. The second-order valence-corrected chi connectivity index (χ2v) is 3.68. The van der Waals surface area contributed by atoms with Crippen LogP contribution in [0.5, 0.6) is 0 Å². The van der Waals surface area contributed by atoms with Crippen molar-refractivity contribution >= 4 is 5.97 Å². The number of nitrogens with zero attached hydrogens (tertiary/aromatic N) is 2. The molecule has 0 saturated heterocycles. The van der Waals surface area contributed by atoms with Gasteiger partial charge in [0.15, 0.2) is 5.69 Å². The predicted molar refractivity (Wildman–Crippen MR) is 52.5 cm³/mol. The molecule has 2 rings (SSSR count). The van der Waals surface area contributed by atoms with Gasteiger partial charge in [-0.3, -0.25) is 4.68 Å². The number of aromatic nitrogens is 2. The molecule has 5 nitrogen and oxygen atoms in total. The van der Waals surface area contributed by atoms with Crippen LogP contribution >= 0.6 is 0 Å². The molecule has 1 aliphatic carbocycles. The van der Waals surface area contributed by atoms with Crippen LogP contribution in [0.25, 0.3) is 0 Å². The molecule has 1 N–H and O–H groups in total. The monoisotopic (exact) mass is 210 g/mol. The van der Waals surface area contributed by atoms with Crippen LogP contribution in [0.15, 0.2) is 12.3 Å². The molecular weight excluding hydrogens is 196 g/mol. The van der Waals surface area contributed by atoms with Crippen LogP contribution in [0.2, 0.25) is 0 Å². The molecule has 0 unspecified atom stereocenters. The average Bonchev–Trinajstić information content (AvgIpc) is 2.62. The minimum atomic E-state index is -0.392. The lowest BCUT2D eigenvalue weighted by molar-refractivity contribution is 0.0421. The number of aliphatic hydroxyl groups excluding tert-OH is 1. The number of aliphatic hydroxyl groups is 1. The summed E-state index contributed by atoms with van der Waals surface area (Å²) in [5.41, 5.74) is 0.332. The van der Waals surface area contributed by atoms with Gasteiger partial charge in [0.25, 0.3) is 0 Å². The summed E-state index contributed by atoms with van der Waals surface area (Å²) in [7, 11) is 0. The molecule has 82 valence electrons. The van der Waals surface area contributed by atoms with Gasteiger partial charge in [-0.2, -0.15) is 5.10 Å². The Morgan fingerprint density at radius 2 is 2.47 bits per heavy atom. The van der Waals surface area contributed by atoms with Crippen molar-refractivity contribution in [2.24, 2.45) is 0 Å². The molecule has 0 bridgehead atoms. The van der Waals surface area contributed by atoms with Crippen molar-refractivity contribution in [2.45, 2.75) is 31.9 Å². The zero-order chi connectivity index (χ0) is 10.8. The number of esters is 1. The van der Waals surface area contributed by atoms with Crippen molar-refractivity contribution in [3.05, 3.63) is 18.0 Å². The van der Waals surface area contributed by atoms with E-state index in [0.29, 0.717) is 25.1 Å². The van der Waals surface area contributed by atoms with Gasteiger partial charge in [-0.1, -0.05) is 0 Å². The van der Waals surface area contributed by atoms with E-state index < -0.39 is 5.97 Å².